The number of nitrogens with one attached hydrogen (secondary N) is 1. The first-order chi connectivity index (χ1) is 8.75. The number of furan rings is 1. The summed E-state index contributed by atoms with van der Waals surface area (Å²) in [5, 5.41) is 3.87. The molecule has 0 bridgehead atoms. The second kappa shape index (κ2) is 4.14. The van der Waals surface area contributed by atoms with Gasteiger partial charge in [-0.05, 0) is 25.0 Å². The smallest absolute Gasteiger partial charge is 0.231 e. The Bertz CT molecular complexity index is 579. The van der Waals surface area contributed by atoms with Crippen LogP contribution in [-0.4, -0.2) is 12.5 Å². The number of rotatable bonds is 3. The van der Waals surface area contributed by atoms with E-state index in [1.54, 1.807) is 6.26 Å². The molecular weight excluding hydrogens is 228 g/mol. The van der Waals surface area contributed by atoms with Crippen molar-refractivity contribution in [2.24, 2.45) is 11.1 Å². The fraction of sp³-hybridized carbons (Fsp3) is 0.357. The second-order valence-corrected chi connectivity index (χ2v) is 4.94. The fourth-order valence-corrected chi connectivity index (χ4v) is 2.46. The monoisotopic (exact) mass is 244 g/mol. The first kappa shape index (κ1) is 11.3. The van der Waals surface area contributed by atoms with E-state index in [0.29, 0.717) is 6.54 Å². The quantitative estimate of drug-likeness (QED) is 0.871. The summed E-state index contributed by atoms with van der Waals surface area (Å²) in [6.45, 7) is 0.411. The van der Waals surface area contributed by atoms with Gasteiger partial charge in [0, 0.05) is 11.9 Å². The number of carbonyl (C=O) groups is 1. The van der Waals surface area contributed by atoms with Crippen LogP contribution >= 0.6 is 0 Å². The van der Waals surface area contributed by atoms with Crippen LogP contribution in [0.3, 0.4) is 0 Å². The number of carbonyl (C=O) groups excluding carboxylic acids is 1. The van der Waals surface area contributed by atoms with Crippen molar-refractivity contribution in [1.29, 1.82) is 0 Å². The Morgan fingerprint density at radius 1 is 1.39 bits per heavy atom. The lowest BCUT2D eigenvalue weighted by Gasteiger charge is -2.38. The highest BCUT2D eigenvalue weighted by Gasteiger charge is 2.43. The van der Waals surface area contributed by atoms with Gasteiger partial charge in [-0.25, -0.2) is 0 Å². The van der Waals surface area contributed by atoms with Gasteiger partial charge < -0.3 is 15.5 Å². The zero-order chi connectivity index (χ0) is 12.6. The Hall–Kier alpha value is -1.81. The fourth-order valence-electron chi connectivity index (χ4n) is 2.46. The topological polar surface area (TPSA) is 68.3 Å². The van der Waals surface area contributed by atoms with Gasteiger partial charge >= 0.3 is 0 Å². The number of anilines is 1. The lowest BCUT2D eigenvalue weighted by molar-refractivity contribution is -0.129. The van der Waals surface area contributed by atoms with Gasteiger partial charge in [0.1, 0.15) is 11.8 Å². The Kier molecular flexibility index (Phi) is 2.59. The summed E-state index contributed by atoms with van der Waals surface area (Å²) in [6.07, 6.45) is 4.43. The molecule has 0 unspecified atom stereocenters. The summed E-state index contributed by atoms with van der Waals surface area (Å²) < 4.78 is 5.40. The molecule has 94 valence electrons. The van der Waals surface area contributed by atoms with Gasteiger partial charge in [0.2, 0.25) is 5.91 Å². The number of nitrogens with two attached hydrogens (primary N) is 1. The third-order valence-corrected chi connectivity index (χ3v) is 3.91. The Labute approximate surface area is 105 Å². The number of amides is 1. The molecule has 4 heteroatoms. The molecule has 1 aliphatic carbocycles. The van der Waals surface area contributed by atoms with Gasteiger partial charge in [-0.1, -0.05) is 18.6 Å². The van der Waals surface area contributed by atoms with E-state index in [9.17, 15) is 4.79 Å². The molecule has 3 N–H and O–H groups in total. The normalized spacial score (nSPS) is 17.4. The lowest BCUT2D eigenvalue weighted by Crippen LogP contribution is -2.47. The first-order valence-corrected chi connectivity index (χ1v) is 6.23. The Morgan fingerprint density at radius 2 is 2.17 bits per heavy atom. The number of fused-ring (bicyclic) bond motifs is 1. The van der Waals surface area contributed by atoms with Crippen LogP contribution in [0.25, 0.3) is 11.0 Å². The molecule has 0 saturated heterocycles. The van der Waals surface area contributed by atoms with Crippen LogP contribution < -0.4 is 11.1 Å². The lowest BCUT2D eigenvalue weighted by atomic mass is 9.68. The van der Waals surface area contributed by atoms with E-state index in [1.165, 1.54) is 0 Å². The van der Waals surface area contributed by atoms with Crippen molar-refractivity contribution in [1.82, 2.24) is 0 Å². The minimum atomic E-state index is -0.363. The third-order valence-electron chi connectivity index (χ3n) is 3.91. The van der Waals surface area contributed by atoms with Crippen molar-refractivity contribution in [3.63, 3.8) is 0 Å². The third kappa shape index (κ3) is 1.61. The first-order valence-electron chi connectivity index (χ1n) is 6.23. The Morgan fingerprint density at radius 3 is 2.83 bits per heavy atom. The molecule has 18 heavy (non-hydrogen) atoms. The van der Waals surface area contributed by atoms with Crippen LogP contribution in [-0.2, 0) is 4.79 Å². The van der Waals surface area contributed by atoms with E-state index in [2.05, 4.69) is 5.32 Å². The zero-order valence-corrected chi connectivity index (χ0v) is 10.1. The number of hydrogen-bond acceptors (Lipinski definition) is 3. The van der Waals surface area contributed by atoms with Crippen LogP contribution in [0.2, 0.25) is 0 Å². The number of benzene rings is 1. The average molecular weight is 244 g/mol. The molecule has 3 rings (SSSR count). The highest BCUT2D eigenvalue weighted by atomic mass is 16.3. The highest BCUT2D eigenvalue weighted by molar-refractivity contribution is 6.03. The minimum absolute atomic E-state index is 0.0165. The SMILES string of the molecule is NCC1(C(=O)Nc2coc3ccccc23)CCC1. The van der Waals surface area contributed by atoms with Crippen LogP contribution in [0.1, 0.15) is 19.3 Å². The molecule has 0 radical (unpaired) electrons. The van der Waals surface area contributed by atoms with Gasteiger partial charge in [-0.2, -0.15) is 0 Å². The van der Waals surface area contributed by atoms with E-state index < -0.39 is 0 Å². The highest BCUT2D eigenvalue weighted by Crippen LogP contribution is 2.41. The standard InChI is InChI=1S/C14H16N2O2/c15-9-14(6-3-7-14)13(17)16-11-8-18-12-5-2-1-4-10(11)12/h1-2,4-5,8H,3,6-7,9,15H2,(H,16,17). The van der Waals surface area contributed by atoms with Crippen molar-refractivity contribution in [3.05, 3.63) is 30.5 Å². The summed E-state index contributed by atoms with van der Waals surface area (Å²) in [4.78, 5) is 12.3. The molecule has 4 nitrogen and oxygen atoms in total. The predicted molar refractivity (Wildman–Crippen MR) is 70.2 cm³/mol. The van der Waals surface area contributed by atoms with Crippen LogP contribution in [0, 0.1) is 5.41 Å². The summed E-state index contributed by atoms with van der Waals surface area (Å²) in [7, 11) is 0. The van der Waals surface area contributed by atoms with Crippen molar-refractivity contribution >= 4 is 22.6 Å². The maximum atomic E-state index is 12.3. The van der Waals surface area contributed by atoms with Crippen molar-refractivity contribution in [2.75, 3.05) is 11.9 Å². The van der Waals surface area contributed by atoms with E-state index >= 15 is 0 Å². The minimum Gasteiger partial charge on any atom is -0.462 e. The van der Waals surface area contributed by atoms with Gasteiger partial charge in [0.15, 0.2) is 0 Å². The zero-order valence-electron chi connectivity index (χ0n) is 10.1. The van der Waals surface area contributed by atoms with Crippen LogP contribution in [0.15, 0.2) is 34.9 Å². The van der Waals surface area contributed by atoms with Gasteiger partial charge in [-0.15, -0.1) is 0 Å². The van der Waals surface area contributed by atoms with E-state index in [4.69, 9.17) is 10.2 Å². The van der Waals surface area contributed by atoms with Gasteiger partial charge in [0.05, 0.1) is 11.1 Å². The second-order valence-electron chi connectivity index (χ2n) is 4.94. The van der Waals surface area contributed by atoms with E-state index in [1.807, 2.05) is 24.3 Å². The molecule has 1 heterocycles. The average Bonchev–Trinajstić information content (AvgIpc) is 2.72. The maximum absolute atomic E-state index is 12.3. The molecule has 1 aliphatic rings. The van der Waals surface area contributed by atoms with Crippen LogP contribution in [0.4, 0.5) is 5.69 Å². The molecule has 0 aliphatic heterocycles. The van der Waals surface area contributed by atoms with Crippen LogP contribution in [0.5, 0.6) is 0 Å². The Balaban J connectivity index is 1.86. The summed E-state index contributed by atoms with van der Waals surface area (Å²) >= 11 is 0. The molecule has 1 amide bonds. The van der Waals surface area contributed by atoms with Crippen molar-refractivity contribution in [3.8, 4) is 0 Å². The molecular formula is C14H16N2O2. The molecule has 2 aromatic rings. The summed E-state index contributed by atoms with van der Waals surface area (Å²) in [5.74, 6) is 0.0165. The number of para-hydroxylation sites is 1. The molecule has 1 saturated carbocycles. The largest absolute Gasteiger partial charge is 0.462 e. The summed E-state index contributed by atoms with van der Waals surface area (Å²) in [5.41, 5.74) is 6.88. The maximum Gasteiger partial charge on any atom is 0.231 e. The molecule has 1 aromatic carbocycles. The van der Waals surface area contributed by atoms with Gasteiger partial charge in [0.25, 0.3) is 0 Å². The van der Waals surface area contributed by atoms with Crippen molar-refractivity contribution in [2.45, 2.75) is 19.3 Å². The summed E-state index contributed by atoms with van der Waals surface area (Å²) in [6, 6.07) is 7.65. The molecule has 0 atom stereocenters. The molecule has 0 spiro atoms. The molecule has 1 aromatic heterocycles. The van der Waals surface area contributed by atoms with Gasteiger partial charge in [-0.3, -0.25) is 4.79 Å². The van der Waals surface area contributed by atoms with E-state index in [0.717, 1.165) is 35.9 Å². The van der Waals surface area contributed by atoms with Crippen molar-refractivity contribution < 1.29 is 9.21 Å². The molecule has 1 fully saturated rings. The predicted octanol–water partition coefficient (Wildman–Crippen LogP) is 2.50. The van der Waals surface area contributed by atoms with E-state index in [-0.39, 0.29) is 11.3 Å². The number of hydrogen-bond donors (Lipinski definition) is 2.